The lowest BCUT2D eigenvalue weighted by molar-refractivity contribution is 0.0597. The van der Waals surface area contributed by atoms with Crippen LogP contribution in [0.25, 0.3) is 0 Å². The smallest absolute Gasteiger partial charge is 0.341 e. The molecular formula is C17H25N3O3. The molecule has 6 nitrogen and oxygen atoms in total. The zero-order valence-corrected chi connectivity index (χ0v) is 14.1. The zero-order chi connectivity index (χ0) is 16.7. The van der Waals surface area contributed by atoms with Crippen molar-refractivity contribution in [2.24, 2.45) is 4.99 Å². The van der Waals surface area contributed by atoms with Crippen LogP contribution in [0.2, 0.25) is 0 Å². The number of aliphatic imine (C=N–C) groups is 1. The first-order valence-electron chi connectivity index (χ1n) is 7.98. The molecule has 1 aromatic rings. The van der Waals surface area contributed by atoms with Gasteiger partial charge in [-0.3, -0.25) is 0 Å². The Morgan fingerprint density at radius 2 is 2.04 bits per heavy atom. The van der Waals surface area contributed by atoms with Crippen molar-refractivity contribution in [3.8, 4) is 5.75 Å². The zero-order valence-electron chi connectivity index (χ0n) is 14.1. The molecule has 0 spiro atoms. The largest absolute Gasteiger partial charge is 0.496 e. The Bertz CT molecular complexity index is 566. The van der Waals surface area contributed by atoms with E-state index in [0.717, 1.165) is 31.2 Å². The molecule has 0 saturated carbocycles. The van der Waals surface area contributed by atoms with Gasteiger partial charge in [-0.2, -0.15) is 0 Å². The van der Waals surface area contributed by atoms with Crippen molar-refractivity contribution in [3.05, 3.63) is 29.3 Å². The van der Waals surface area contributed by atoms with Gasteiger partial charge in [0, 0.05) is 19.6 Å². The molecule has 1 N–H and O–H groups in total. The van der Waals surface area contributed by atoms with Crippen LogP contribution in [0.5, 0.6) is 5.75 Å². The molecule has 1 aromatic carbocycles. The van der Waals surface area contributed by atoms with Crippen LogP contribution in [0.1, 0.15) is 35.7 Å². The summed E-state index contributed by atoms with van der Waals surface area (Å²) in [5, 5.41) is 3.33. The molecule has 1 aliphatic heterocycles. The molecular weight excluding hydrogens is 294 g/mol. The summed E-state index contributed by atoms with van der Waals surface area (Å²) in [5.74, 6) is 1.04. The lowest BCUT2D eigenvalue weighted by atomic mass is 10.1. The Morgan fingerprint density at radius 1 is 1.30 bits per heavy atom. The summed E-state index contributed by atoms with van der Waals surface area (Å²) in [6.07, 6.45) is 2.42. The van der Waals surface area contributed by atoms with E-state index < -0.39 is 5.97 Å². The highest BCUT2D eigenvalue weighted by atomic mass is 16.5. The first-order valence-corrected chi connectivity index (χ1v) is 7.98. The molecule has 6 heteroatoms. The number of ether oxygens (including phenoxy) is 2. The predicted molar refractivity (Wildman–Crippen MR) is 90.0 cm³/mol. The standard InChI is InChI=1S/C17H25N3O3/c1-4-18-17(20-9-5-6-10-20)19-12-13-7-8-15(22-2)14(11-13)16(21)23-3/h7-8,11H,4-6,9-10,12H2,1-3H3,(H,18,19). The van der Waals surface area contributed by atoms with Crippen molar-refractivity contribution in [2.75, 3.05) is 33.9 Å². The Hall–Kier alpha value is -2.24. The number of hydrogen-bond acceptors (Lipinski definition) is 4. The number of esters is 1. The van der Waals surface area contributed by atoms with Gasteiger partial charge in [0.2, 0.25) is 0 Å². The van der Waals surface area contributed by atoms with E-state index in [4.69, 9.17) is 9.47 Å². The maximum atomic E-state index is 11.8. The van der Waals surface area contributed by atoms with Crippen molar-refractivity contribution in [2.45, 2.75) is 26.3 Å². The number of nitrogens with one attached hydrogen (secondary N) is 1. The summed E-state index contributed by atoms with van der Waals surface area (Å²) in [7, 11) is 2.90. The van der Waals surface area contributed by atoms with Crippen LogP contribution in [0.15, 0.2) is 23.2 Å². The van der Waals surface area contributed by atoms with Crippen molar-refractivity contribution in [3.63, 3.8) is 0 Å². The molecule has 0 aliphatic carbocycles. The Labute approximate surface area is 137 Å². The molecule has 1 fully saturated rings. The summed E-state index contributed by atoms with van der Waals surface area (Å²) < 4.78 is 10.0. The summed E-state index contributed by atoms with van der Waals surface area (Å²) in [6.45, 7) is 5.50. The summed E-state index contributed by atoms with van der Waals surface area (Å²) in [6, 6.07) is 5.48. The number of hydrogen-bond donors (Lipinski definition) is 1. The molecule has 126 valence electrons. The number of rotatable bonds is 5. The number of likely N-dealkylation sites (tertiary alicyclic amines) is 1. The summed E-state index contributed by atoms with van der Waals surface area (Å²) in [4.78, 5) is 18.8. The minimum atomic E-state index is -0.404. The van der Waals surface area contributed by atoms with Gasteiger partial charge >= 0.3 is 5.97 Å². The first-order chi connectivity index (χ1) is 11.2. The Kier molecular flexibility index (Phi) is 6.26. The lowest BCUT2D eigenvalue weighted by Gasteiger charge is -2.20. The van der Waals surface area contributed by atoms with Crippen LogP contribution in [0.3, 0.4) is 0 Å². The van der Waals surface area contributed by atoms with Gasteiger partial charge in [0.1, 0.15) is 11.3 Å². The number of methoxy groups -OCH3 is 2. The number of benzene rings is 1. The van der Waals surface area contributed by atoms with Crippen LogP contribution in [0, 0.1) is 0 Å². The quantitative estimate of drug-likeness (QED) is 0.511. The average molecular weight is 319 g/mol. The molecule has 0 radical (unpaired) electrons. The topological polar surface area (TPSA) is 63.2 Å². The Morgan fingerprint density at radius 3 is 2.65 bits per heavy atom. The fourth-order valence-corrected chi connectivity index (χ4v) is 2.64. The lowest BCUT2D eigenvalue weighted by Crippen LogP contribution is -2.39. The van der Waals surface area contributed by atoms with E-state index >= 15 is 0 Å². The van der Waals surface area contributed by atoms with Crippen LogP contribution in [-0.4, -0.2) is 50.7 Å². The second-order valence-electron chi connectivity index (χ2n) is 5.39. The number of carbonyl (C=O) groups excluding carboxylic acids is 1. The van der Waals surface area contributed by atoms with Crippen LogP contribution >= 0.6 is 0 Å². The minimum Gasteiger partial charge on any atom is -0.496 e. The second kappa shape index (κ2) is 8.41. The van der Waals surface area contributed by atoms with Crippen molar-refractivity contribution < 1.29 is 14.3 Å². The van der Waals surface area contributed by atoms with Crippen LogP contribution < -0.4 is 10.1 Å². The fraction of sp³-hybridized carbons (Fsp3) is 0.529. The first kappa shape index (κ1) is 17.1. The number of nitrogens with zero attached hydrogens (tertiary/aromatic N) is 2. The normalized spacial score (nSPS) is 14.7. The monoisotopic (exact) mass is 319 g/mol. The highest BCUT2D eigenvalue weighted by molar-refractivity contribution is 5.92. The molecule has 0 aromatic heterocycles. The van der Waals surface area contributed by atoms with Crippen LogP contribution in [0.4, 0.5) is 0 Å². The molecule has 2 rings (SSSR count). The van der Waals surface area contributed by atoms with E-state index in [1.54, 1.807) is 12.1 Å². The van der Waals surface area contributed by atoms with E-state index in [1.165, 1.54) is 27.1 Å². The molecule has 0 unspecified atom stereocenters. The van der Waals surface area contributed by atoms with Crippen molar-refractivity contribution >= 4 is 11.9 Å². The predicted octanol–water partition coefficient (Wildman–Crippen LogP) is 2.04. The molecule has 23 heavy (non-hydrogen) atoms. The van der Waals surface area contributed by atoms with Crippen LogP contribution in [-0.2, 0) is 11.3 Å². The summed E-state index contributed by atoms with van der Waals surface area (Å²) in [5.41, 5.74) is 1.37. The van der Waals surface area contributed by atoms with E-state index in [9.17, 15) is 4.79 Å². The third-order valence-electron chi connectivity index (χ3n) is 3.82. The molecule has 0 bridgehead atoms. The summed E-state index contributed by atoms with van der Waals surface area (Å²) >= 11 is 0. The fourth-order valence-electron chi connectivity index (χ4n) is 2.64. The van der Waals surface area contributed by atoms with E-state index in [2.05, 4.69) is 22.1 Å². The van der Waals surface area contributed by atoms with Gasteiger partial charge in [-0.25, -0.2) is 9.79 Å². The van der Waals surface area contributed by atoms with Crippen molar-refractivity contribution in [1.82, 2.24) is 10.2 Å². The van der Waals surface area contributed by atoms with Gasteiger partial charge in [-0.1, -0.05) is 6.07 Å². The van der Waals surface area contributed by atoms with Gasteiger partial charge in [-0.05, 0) is 37.5 Å². The minimum absolute atomic E-state index is 0.404. The molecule has 0 atom stereocenters. The average Bonchev–Trinajstić information content (AvgIpc) is 3.12. The third-order valence-corrected chi connectivity index (χ3v) is 3.82. The molecule has 1 heterocycles. The van der Waals surface area contributed by atoms with E-state index in [-0.39, 0.29) is 0 Å². The van der Waals surface area contributed by atoms with E-state index in [1.807, 2.05) is 6.07 Å². The van der Waals surface area contributed by atoms with Gasteiger partial charge in [0.05, 0.1) is 20.8 Å². The maximum Gasteiger partial charge on any atom is 0.341 e. The third kappa shape index (κ3) is 4.37. The van der Waals surface area contributed by atoms with Gasteiger partial charge in [0.25, 0.3) is 0 Å². The molecule has 0 amide bonds. The highest BCUT2D eigenvalue weighted by Crippen LogP contribution is 2.21. The maximum absolute atomic E-state index is 11.8. The van der Waals surface area contributed by atoms with E-state index in [0.29, 0.717) is 17.9 Å². The Balaban J connectivity index is 2.17. The number of carbonyl (C=O) groups is 1. The SMILES string of the molecule is CCNC(=NCc1ccc(OC)c(C(=O)OC)c1)N1CCCC1. The second-order valence-corrected chi connectivity index (χ2v) is 5.39. The van der Waals surface area contributed by atoms with Gasteiger partial charge in [0.15, 0.2) is 5.96 Å². The molecule has 1 aliphatic rings. The van der Waals surface area contributed by atoms with Gasteiger partial charge < -0.3 is 19.7 Å². The molecule has 1 saturated heterocycles. The van der Waals surface area contributed by atoms with Crippen molar-refractivity contribution in [1.29, 1.82) is 0 Å². The highest BCUT2D eigenvalue weighted by Gasteiger charge is 2.16. The number of guanidine groups is 1. The van der Waals surface area contributed by atoms with Gasteiger partial charge in [-0.15, -0.1) is 0 Å².